The minimum absolute atomic E-state index is 0.000784. The van der Waals surface area contributed by atoms with E-state index in [0.29, 0.717) is 9.23 Å². The van der Waals surface area contributed by atoms with Crippen LogP contribution in [0, 0.1) is 6.92 Å². The van der Waals surface area contributed by atoms with E-state index in [4.69, 9.17) is 12.2 Å². The molecule has 0 unspecified atom stereocenters. The van der Waals surface area contributed by atoms with E-state index in [2.05, 4.69) is 13.0 Å². The highest BCUT2D eigenvalue weighted by Gasteiger charge is 2.35. The summed E-state index contributed by atoms with van der Waals surface area (Å²) in [7, 11) is 0. The molecule has 5 heteroatoms. The summed E-state index contributed by atoms with van der Waals surface area (Å²) in [6, 6.07) is 12.0. The molecule has 112 valence electrons. The first-order chi connectivity index (χ1) is 10.6. The van der Waals surface area contributed by atoms with Gasteiger partial charge in [-0.2, -0.15) is 0 Å². The van der Waals surface area contributed by atoms with Crippen molar-refractivity contribution in [1.82, 2.24) is 4.90 Å². The van der Waals surface area contributed by atoms with Gasteiger partial charge in [-0.15, -0.1) is 11.3 Å². The zero-order valence-corrected chi connectivity index (χ0v) is 14.7. The van der Waals surface area contributed by atoms with Gasteiger partial charge >= 0.3 is 0 Å². The highest BCUT2D eigenvalue weighted by Crippen LogP contribution is 2.38. The van der Waals surface area contributed by atoms with Crippen molar-refractivity contribution < 1.29 is 4.79 Å². The number of hydrogen-bond acceptors (Lipinski definition) is 4. The Bertz CT molecular complexity index is 748. The van der Waals surface area contributed by atoms with Gasteiger partial charge in [-0.05, 0) is 42.5 Å². The average molecular weight is 346 g/mol. The van der Waals surface area contributed by atoms with Crippen LogP contribution < -0.4 is 0 Å². The molecule has 3 rings (SSSR count). The van der Waals surface area contributed by atoms with E-state index in [1.807, 2.05) is 48.7 Å². The van der Waals surface area contributed by atoms with Gasteiger partial charge < -0.3 is 0 Å². The lowest BCUT2D eigenvalue weighted by Crippen LogP contribution is -2.30. The first-order valence-electron chi connectivity index (χ1n) is 6.94. The van der Waals surface area contributed by atoms with Crippen LogP contribution in [0.15, 0.2) is 46.7 Å². The summed E-state index contributed by atoms with van der Waals surface area (Å²) in [4.78, 5) is 16.3. The van der Waals surface area contributed by atoms with Crippen LogP contribution in [0.25, 0.3) is 6.08 Å². The minimum Gasteiger partial charge on any atom is -0.286 e. The van der Waals surface area contributed by atoms with Crippen molar-refractivity contribution in [3.63, 3.8) is 0 Å². The molecule has 2 nitrogen and oxygen atoms in total. The second kappa shape index (κ2) is 6.36. The van der Waals surface area contributed by atoms with E-state index in [-0.39, 0.29) is 11.9 Å². The molecule has 0 bridgehead atoms. The topological polar surface area (TPSA) is 20.3 Å². The molecule has 1 aromatic carbocycles. The van der Waals surface area contributed by atoms with Gasteiger partial charge in [0, 0.05) is 4.88 Å². The summed E-state index contributed by atoms with van der Waals surface area (Å²) >= 11 is 8.46. The largest absolute Gasteiger partial charge is 0.286 e. The summed E-state index contributed by atoms with van der Waals surface area (Å²) in [6.45, 7) is 4.06. The Morgan fingerprint density at radius 2 is 1.95 bits per heavy atom. The van der Waals surface area contributed by atoms with Crippen molar-refractivity contribution in [2.24, 2.45) is 0 Å². The number of thioether (sulfide) groups is 1. The first-order valence-corrected chi connectivity index (χ1v) is 9.04. The number of thiophene rings is 1. The number of carbonyl (C=O) groups is 1. The average Bonchev–Trinajstić information content (AvgIpc) is 3.04. The third-order valence-electron chi connectivity index (χ3n) is 3.66. The van der Waals surface area contributed by atoms with E-state index >= 15 is 0 Å². The van der Waals surface area contributed by atoms with E-state index < -0.39 is 0 Å². The zero-order chi connectivity index (χ0) is 15.7. The highest BCUT2D eigenvalue weighted by molar-refractivity contribution is 8.26. The van der Waals surface area contributed by atoms with Crippen molar-refractivity contribution in [3.05, 3.63) is 62.7 Å². The molecule has 1 aliphatic rings. The maximum absolute atomic E-state index is 12.7. The van der Waals surface area contributed by atoms with Crippen molar-refractivity contribution in [3.8, 4) is 0 Å². The first kappa shape index (κ1) is 15.5. The van der Waals surface area contributed by atoms with Crippen LogP contribution in [0.5, 0.6) is 0 Å². The Balaban J connectivity index is 1.89. The number of aryl methyl sites for hydroxylation is 1. The van der Waals surface area contributed by atoms with E-state index in [9.17, 15) is 4.79 Å². The third kappa shape index (κ3) is 2.89. The summed E-state index contributed by atoms with van der Waals surface area (Å²) in [5, 5.41) is 2.04. The molecule has 1 saturated heterocycles. The molecule has 1 amide bonds. The molecule has 0 N–H and O–H groups in total. The zero-order valence-electron chi connectivity index (χ0n) is 12.3. The number of amides is 1. The Kier molecular flexibility index (Phi) is 4.47. The van der Waals surface area contributed by atoms with Crippen LogP contribution >= 0.6 is 35.3 Å². The molecule has 0 radical (unpaired) electrons. The second-order valence-corrected chi connectivity index (χ2v) is 7.73. The summed E-state index contributed by atoms with van der Waals surface area (Å²) in [5.41, 5.74) is 2.28. The number of carbonyl (C=O) groups excluding carboxylic acids is 1. The summed E-state index contributed by atoms with van der Waals surface area (Å²) in [5.74, 6) is -0.000784. The monoisotopic (exact) mass is 345 g/mol. The molecule has 1 atom stereocenters. The fraction of sp³-hybridized carbons (Fsp3) is 0.176. The lowest BCUT2D eigenvalue weighted by atomic mass is 10.1. The Morgan fingerprint density at radius 1 is 1.23 bits per heavy atom. The van der Waals surface area contributed by atoms with Gasteiger partial charge in [-0.1, -0.05) is 54.3 Å². The lowest BCUT2D eigenvalue weighted by Gasteiger charge is -2.23. The van der Waals surface area contributed by atoms with Crippen molar-refractivity contribution >= 4 is 51.6 Å². The fourth-order valence-corrected chi connectivity index (χ4v) is 4.68. The third-order valence-corrected chi connectivity index (χ3v) is 5.95. The SMILES string of the molecule is Cc1ccsc1/C=C1\SC(=S)N([C@H](C)c2ccccc2)C1=O. The quantitative estimate of drug-likeness (QED) is 0.575. The van der Waals surface area contributed by atoms with Crippen molar-refractivity contribution in [2.75, 3.05) is 0 Å². The molecule has 1 fully saturated rings. The molecular weight excluding hydrogens is 330 g/mol. The van der Waals surface area contributed by atoms with Gasteiger partial charge in [0.15, 0.2) is 0 Å². The van der Waals surface area contributed by atoms with Gasteiger partial charge in [0.1, 0.15) is 4.32 Å². The maximum Gasteiger partial charge on any atom is 0.266 e. The standard InChI is InChI=1S/C17H15NOS3/c1-11-8-9-21-14(11)10-15-16(19)18(17(20)22-15)12(2)13-6-4-3-5-7-13/h3-10,12H,1-2H3/b15-10-/t12-/m1/s1. The summed E-state index contributed by atoms with van der Waals surface area (Å²) < 4.78 is 0.627. The molecule has 2 heterocycles. The van der Waals surface area contributed by atoms with Crippen LogP contribution in [-0.2, 0) is 4.79 Å². The highest BCUT2D eigenvalue weighted by atomic mass is 32.2. The number of hydrogen-bond donors (Lipinski definition) is 0. The molecule has 1 aliphatic heterocycles. The molecule has 0 saturated carbocycles. The smallest absolute Gasteiger partial charge is 0.266 e. The summed E-state index contributed by atoms with van der Waals surface area (Å²) in [6.07, 6.45) is 1.96. The number of benzene rings is 1. The van der Waals surface area contributed by atoms with Crippen molar-refractivity contribution in [2.45, 2.75) is 19.9 Å². The van der Waals surface area contributed by atoms with Gasteiger partial charge in [0.05, 0.1) is 10.9 Å². The van der Waals surface area contributed by atoms with Gasteiger partial charge in [-0.25, -0.2) is 0 Å². The van der Waals surface area contributed by atoms with E-state index in [0.717, 1.165) is 10.4 Å². The molecule has 0 spiro atoms. The van der Waals surface area contributed by atoms with Crippen LogP contribution in [0.1, 0.15) is 29.0 Å². The minimum atomic E-state index is -0.0518. The van der Waals surface area contributed by atoms with E-state index in [1.165, 1.54) is 17.3 Å². The van der Waals surface area contributed by atoms with Gasteiger partial charge in [-0.3, -0.25) is 9.69 Å². The van der Waals surface area contributed by atoms with E-state index in [1.54, 1.807) is 16.2 Å². The van der Waals surface area contributed by atoms with Crippen molar-refractivity contribution in [1.29, 1.82) is 0 Å². The Labute approximate surface area is 143 Å². The number of nitrogens with zero attached hydrogens (tertiary/aromatic N) is 1. The van der Waals surface area contributed by atoms with Crippen LogP contribution in [0.4, 0.5) is 0 Å². The molecular formula is C17H15NOS3. The fourth-order valence-electron chi connectivity index (χ4n) is 2.35. The molecule has 1 aromatic heterocycles. The maximum atomic E-state index is 12.7. The number of thiocarbonyl (C=S) groups is 1. The lowest BCUT2D eigenvalue weighted by molar-refractivity contribution is -0.123. The van der Waals surface area contributed by atoms with Crippen LogP contribution in [-0.4, -0.2) is 15.1 Å². The van der Waals surface area contributed by atoms with Crippen LogP contribution in [0.2, 0.25) is 0 Å². The second-order valence-electron chi connectivity index (χ2n) is 5.11. The van der Waals surface area contributed by atoms with Gasteiger partial charge in [0.25, 0.3) is 5.91 Å². The predicted molar refractivity (Wildman–Crippen MR) is 98.9 cm³/mol. The Morgan fingerprint density at radius 3 is 2.59 bits per heavy atom. The molecule has 2 aromatic rings. The molecule has 22 heavy (non-hydrogen) atoms. The van der Waals surface area contributed by atoms with Gasteiger partial charge in [0.2, 0.25) is 0 Å². The van der Waals surface area contributed by atoms with Crippen LogP contribution in [0.3, 0.4) is 0 Å². The normalized spacial score (nSPS) is 18.3. The Hall–Kier alpha value is -1.43. The number of rotatable bonds is 3. The molecule has 0 aliphatic carbocycles. The predicted octanol–water partition coefficient (Wildman–Crippen LogP) is 5.02.